The summed E-state index contributed by atoms with van der Waals surface area (Å²) in [5.74, 6) is 2.10. The molecule has 0 bridgehead atoms. The van der Waals surface area contributed by atoms with Gasteiger partial charge in [0.2, 0.25) is 5.91 Å². The Hall–Kier alpha value is -2.97. The van der Waals surface area contributed by atoms with Crippen LogP contribution < -0.4 is 5.32 Å². The van der Waals surface area contributed by atoms with Gasteiger partial charge in [-0.2, -0.15) is 0 Å². The summed E-state index contributed by atoms with van der Waals surface area (Å²) >= 11 is 0. The third kappa shape index (κ3) is 5.10. The molecule has 8 nitrogen and oxygen atoms in total. The van der Waals surface area contributed by atoms with Crippen LogP contribution in [0.5, 0.6) is 0 Å². The van der Waals surface area contributed by atoms with Crippen LogP contribution in [0.3, 0.4) is 0 Å². The molecule has 29 heavy (non-hydrogen) atoms. The summed E-state index contributed by atoms with van der Waals surface area (Å²) in [4.78, 5) is 21.3. The molecule has 3 heterocycles. The van der Waals surface area contributed by atoms with E-state index >= 15 is 0 Å². The van der Waals surface area contributed by atoms with E-state index in [1.807, 2.05) is 30.6 Å². The van der Waals surface area contributed by atoms with Crippen molar-refractivity contribution in [3.05, 3.63) is 54.6 Å². The molecule has 0 aliphatic carbocycles. The van der Waals surface area contributed by atoms with E-state index in [4.69, 9.17) is 4.52 Å². The summed E-state index contributed by atoms with van der Waals surface area (Å²) in [6.45, 7) is 7.69. The van der Waals surface area contributed by atoms with Crippen molar-refractivity contribution < 1.29 is 9.32 Å². The highest BCUT2D eigenvalue weighted by Crippen LogP contribution is 2.17. The van der Waals surface area contributed by atoms with Gasteiger partial charge >= 0.3 is 0 Å². The molecule has 0 unspecified atom stereocenters. The van der Waals surface area contributed by atoms with Crippen LogP contribution in [0.1, 0.15) is 5.76 Å². The van der Waals surface area contributed by atoms with Gasteiger partial charge in [-0.1, -0.05) is 35.5 Å². The summed E-state index contributed by atoms with van der Waals surface area (Å²) in [5.41, 5.74) is 1.13. The molecule has 1 saturated heterocycles. The maximum Gasteiger partial charge on any atom is 0.239 e. The number of nitrogens with zero attached hydrogens (tertiary/aromatic N) is 5. The van der Waals surface area contributed by atoms with Crippen molar-refractivity contribution >= 4 is 11.7 Å². The molecule has 0 radical (unpaired) electrons. The standard InChI is InChI=1S/C21H26N6O2/c1-17-15-19(24-29-17)23-20(28)16-26-11-9-25(10-12-26)13-14-27-8-7-22-21(27)18-5-3-2-4-6-18/h2-8,15H,9-14,16H2,1H3,(H,23,24,28). The molecule has 1 aliphatic heterocycles. The topological polar surface area (TPSA) is 79.4 Å². The van der Waals surface area contributed by atoms with Crippen LogP contribution in [-0.4, -0.2) is 69.7 Å². The summed E-state index contributed by atoms with van der Waals surface area (Å²) in [6.07, 6.45) is 3.89. The van der Waals surface area contributed by atoms with Crippen LogP contribution in [0.4, 0.5) is 5.82 Å². The van der Waals surface area contributed by atoms with Crippen LogP contribution in [0.2, 0.25) is 0 Å². The van der Waals surface area contributed by atoms with Crippen LogP contribution >= 0.6 is 0 Å². The number of rotatable bonds is 7. The van der Waals surface area contributed by atoms with Crippen LogP contribution in [0, 0.1) is 6.92 Å². The lowest BCUT2D eigenvalue weighted by atomic mass is 10.2. The molecule has 1 aliphatic rings. The van der Waals surface area contributed by atoms with Crippen LogP contribution in [0.15, 0.2) is 53.3 Å². The maximum atomic E-state index is 12.2. The molecular weight excluding hydrogens is 368 g/mol. The van der Waals surface area contributed by atoms with Gasteiger partial charge in [0.15, 0.2) is 5.82 Å². The minimum Gasteiger partial charge on any atom is -0.360 e. The first-order chi connectivity index (χ1) is 14.2. The van der Waals surface area contributed by atoms with E-state index in [1.54, 1.807) is 13.0 Å². The first kappa shape index (κ1) is 19.4. The van der Waals surface area contributed by atoms with Crippen molar-refractivity contribution in [1.29, 1.82) is 0 Å². The number of anilines is 1. The van der Waals surface area contributed by atoms with E-state index in [0.717, 1.165) is 50.7 Å². The summed E-state index contributed by atoms with van der Waals surface area (Å²) in [7, 11) is 0. The molecule has 1 aromatic carbocycles. The molecule has 0 saturated carbocycles. The maximum absolute atomic E-state index is 12.2. The second-order valence-electron chi connectivity index (χ2n) is 7.30. The van der Waals surface area contributed by atoms with E-state index < -0.39 is 0 Å². The molecule has 0 atom stereocenters. The quantitative estimate of drug-likeness (QED) is 0.661. The molecule has 4 rings (SSSR count). The molecular formula is C21H26N6O2. The van der Waals surface area contributed by atoms with Crippen molar-refractivity contribution in [1.82, 2.24) is 24.5 Å². The normalized spacial score (nSPS) is 15.5. The van der Waals surface area contributed by atoms with Gasteiger partial charge in [-0.25, -0.2) is 4.98 Å². The van der Waals surface area contributed by atoms with Gasteiger partial charge in [-0.05, 0) is 6.92 Å². The van der Waals surface area contributed by atoms with Crippen LogP contribution in [-0.2, 0) is 11.3 Å². The predicted octanol–water partition coefficient (Wildman–Crippen LogP) is 2.10. The third-order valence-corrected chi connectivity index (χ3v) is 5.13. The number of nitrogens with one attached hydrogen (secondary N) is 1. The smallest absolute Gasteiger partial charge is 0.239 e. The Labute approximate surface area is 170 Å². The minimum atomic E-state index is -0.0577. The predicted molar refractivity (Wildman–Crippen MR) is 110 cm³/mol. The molecule has 152 valence electrons. The average molecular weight is 394 g/mol. The molecule has 8 heteroatoms. The fraction of sp³-hybridized carbons (Fsp3) is 0.381. The van der Waals surface area contributed by atoms with E-state index in [1.165, 1.54) is 0 Å². The fourth-order valence-electron chi connectivity index (χ4n) is 3.57. The lowest BCUT2D eigenvalue weighted by molar-refractivity contribution is -0.117. The number of aryl methyl sites for hydroxylation is 1. The Morgan fingerprint density at radius 2 is 1.86 bits per heavy atom. The Balaban J connectivity index is 1.22. The van der Waals surface area contributed by atoms with E-state index in [2.05, 4.69) is 42.0 Å². The number of carbonyl (C=O) groups is 1. The van der Waals surface area contributed by atoms with E-state index in [-0.39, 0.29) is 5.91 Å². The van der Waals surface area contributed by atoms with Gasteiger partial charge in [0.25, 0.3) is 0 Å². The zero-order chi connectivity index (χ0) is 20.1. The van der Waals surface area contributed by atoms with Gasteiger partial charge in [-0.3, -0.25) is 14.6 Å². The summed E-state index contributed by atoms with van der Waals surface area (Å²) in [5, 5.41) is 6.57. The Bertz CT molecular complexity index is 928. The highest BCUT2D eigenvalue weighted by molar-refractivity contribution is 5.91. The highest BCUT2D eigenvalue weighted by Gasteiger charge is 2.19. The third-order valence-electron chi connectivity index (χ3n) is 5.13. The van der Waals surface area contributed by atoms with Gasteiger partial charge in [0.1, 0.15) is 11.6 Å². The Kier molecular flexibility index (Phi) is 6.02. The zero-order valence-electron chi connectivity index (χ0n) is 16.6. The number of amides is 1. The van der Waals surface area contributed by atoms with E-state index in [0.29, 0.717) is 18.1 Å². The molecule has 1 amide bonds. The molecule has 1 N–H and O–H groups in total. The number of carbonyl (C=O) groups excluding carboxylic acids is 1. The molecule has 1 fully saturated rings. The monoisotopic (exact) mass is 394 g/mol. The lowest BCUT2D eigenvalue weighted by Crippen LogP contribution is -2.49. The first-order valence-corrected chi connectivity index (χ1v) is 9.92. The van der Waals surface area contributed by atoms with Crippen molar-refractivity contribution in [2.75, 3.05) is 44.6 Å². The minimum absolute atomic E-state index is 0.0577. The Morgan fingerprint density at radius 1 is 1.10 bits per heavy atom. The van der Waals surface area contributed by atoms with Crippen molar-refractivity contribution in [3.63, 3.8) is 0 Å². The zero-order valence-corrected chi connectivity index (χ0v) is 16.6. The van der Waals surface area contributed by atoms with Crippen molar-refractivity contribution in [2.45, 2.75) is 13.5 Å². The van der Waals surface area contributed by atoms with Crippen molar-refractivity contribution in [2.24, 2.45) is 0 Å². The SMILES string of the molecule is Cc1cc(NC(=O)CN2CCN(CCn3ccnc3-c3ccccc3)CC2)no1. The average Bonchev–Trinajstić information content (AvgIpc) is 3.37. The van der Waals surface area contributed by atoms with Gasteiger partial charge in [0, 0.05) is 63.3 Å². The first-order valence-electron chi connectivity index (χ1n) is 9.92. The molecule has 3 aromatic rings. The fourth-order valence-corrected chi connectivity index (χ4v) is 3.57. The number of hydrogen-bond acceptors (Lipinski definition) is 6. The summed E-state index contributed by atoms with van der Waals surface area (Å²) in [6, 6.07) is 12.0. The molecule has 0 spiro atoms. The second kappa shape index (κ2) is 9.02. The van der Waals surface area contributed by atoms with Crippen molar-refractivity contribution in [3.8, 4) is 11.4 Å². The number of aromatic nitrogens is 3. The number of imidazole rings is 1. The van der Waals surface area contributed by atoms with Gasteiger partial charge in [0.05, 0.1) is 6.54 Å². The highest BCUT2D eigenvalue weighted by atomic mass is 16.5. The largest absolute Gasteiger partial charge is 0.360 e. The number of piperazine rings is 1. The van der Waals surface area contributed by atoms with Gasteiger partial charge < -0.3 is 14.4 Å². The lowest BCUT2D eigenvalue weighted by Gasteiger charge is -2.34. The number of benzene rings is 1. The Morgan fingerprint density at radius 3 is 2.59 bits per heavy atom. The second-order valence-corrected chi connectivity index (χ2v) is 7.30. The number of hydrogen-bond donors (Lipinski definition) is 1. The van der Waals surface area contributed by atoms with E-state index in [9.17, 15) is 4.79 Å². The summed E-state index contributed by atoms with van der Waals surface area (Å²) < 4.78 is 7.18. The van der Waals surface area contributed by atoms with Crippen LogP contribution in [0.25, 0.3) is 11.4 Å². The van der Waals surface area contributed by atoms with Gasteiger partial charge in [-0.15, -0.1) is 0 Å². The molecule has 2 aromatic heterocycles.